The van der Waals surface area contributed by atoms with Gasteiger partial charge in [0.05, 0.1) is 33.8 Å². The zero-order valence-electron chi connectivity index (χ0n) is 51.5. The van der Waals surface area contributed by atoms with Crippen LogP contribution >= 0.6 is 7.82 Å². The number of carbonyl (C=O) groups is 2. The number of unbranched alkanes of at least 4 members (excludes halogenated alkanes) is 43. The number of nitrogens with one attached hydrogen (secondary N) is 1. The molecule has 0 heterocycles. The zero-order chi connectivity index (χ0) is 55.7. The second-order valence-electron chi connectivity index (χ2n) is 24.0. The molecule has 0 saturated heterocycles. The van der Waals surface area contributed by atoms with Crippen LogP contribution in [0.4, 0.5) is 0 Å². The molecule has 76 heavy (non-hydrogen) atoms. The second kappa shape index (κ2) is 56.8. The topological polar surface area (TPSA) is 111 Å². The Bertz CT molecular complexity index is 1350. The van der Waals surface area contributed by atoms with Gasteiger partial charge in [-0.15, -0.1) is 0 Å². The molecule has 0 aliphatic heterocycles. The fourth-order valence-electron chi connectivity index (χ4n) is 10.00. The van der Waals surface area contributed by atoms with Gasteiger partial charge in [0.25, 0.3) is 0 Å². The molecule has 3 atom stereocenters. The summed E-state index contributed by atoms with van der Waals surface area (Å²) in [5.74, 6) is -0.486. The molecule has 450 valence electrons. The van der Waals surface area contributed by atoms with Crippen molar-refractivity contribution >= 4 is 19.7 Å². The van der Waals surface area contributed by atoms with Crippen LogP contribution in [0.3, 0.4) is 0 Å². The Labute approximate surface area is 473 Å². The molecule has 0 aliphatic carbocycles. The van der Waals surface area contributed by atoms with Crippen molar-refractivity contribution in [3.05, 3.63) is 24.3 Å². The summed E-state index contributed by atoms with van der Waals surface area (Å²) in [6.45, 7) is 7.06. The number of quaternary nitrogens is 1. The predicted molar refractivity (Wildman–Crippen MR) is 328 cm³/mol. The molecule has 0 aliphatic rings. The highest BCUT2D eigenvalue weighted by atomic mass is 31.2. The summed E-state index contributed by atoms with van der Waals surface area (Å²) >= 11 is 0. The van der Waals surface area contributed by atoms with E-state index in [0.717, 1.165) is 57.8 Å². The van der Waals surface area contributed by atoms with Crippen molar-refractivity contribution in [3.63, 3.8) is 0 Å². The van der Waals surface area contributed by atoms with Crippen LogP contribution in [0.15, 0.2) is 24.3 Å². The van der Waals surface area contributed by atoms with Crippen LogP contribution in [0.1, 0.15) is 335 Å². The molecule has 0 aromatic heterocycles. The monoisotopic (exact) mass is 1090 g/mol. The Morgan fingerprint density at radius 1 is 0.447 bits per heavy atom. The number of rotatable bonds is 61. The third-order valence-corrected chi connectivity index (χ3v) is 16.1. The van der Waals surface area contributed by atoms with Crippen molar-refractivity contribution in [1.29, 1.82) is 0 Å². The van der Waals surface area contributed by atoms with Gasteiger partial charge in [-0.05, 0) is 57.4 Å². The molecule has 0 rings (SSSR count). The number of likely N-dealkylation sites (N-methyl/N-ethyl adjacent to an activating group) is 1. The predicted octanol–water partition coefficient (Wildman–Crippen LogP) is 20.5. The lowest BCUT2D eigenvalue weighted by Crippen LogP contribution is -2.47. The molecular weight excluding hydrogens is 964 g/mol. The molecule has 0 radical (unpaired) electrons. The number of amides is 1. The van der Waals surface area contributed by atoms with E-state index >= 15 is 0 Å². The number of carbonyl (C=O) groups excluding carboxylic acids is 2. The Morgan fingerprint density at radius 2 is 0.763 bits per heavy atom. The normalized spacial score (nSPS) is 13.7. The van der Waals surface area contributed by atoms with E-state index in [-0.39, 0.29) is 25.1 Å². The minimum atomic E-state index is -4.44. The maximum absolute atomic E-state index is 13.5. The maximum atomic E-state index is 13.5. The van der Waals surface area contributed by atoms with Crippen molar-refractivity contribution in [2.75, 3.05) is 40.9 Å². The fraction of sp³-hybridized carbons (Fsp3) is 0.909. The molecule has 0 spiro atoms. The molecule has 9 nitrogen and oxygen atoms in total. The Kier molecular flexibility index (Phi) is 55.6. The number of phosphoric ester groups is 1. The molecule has 0 bridgehead atoms. The minimum Gasteiger partial charge on any atom is -0.456 e. The van der Waals surface area contributed by atoms with Gasteiger partial charge < -0.3 is 19.4 Å². The number of allylic oxidation sites excluding steroid dienone is 3. The molecule has 2 N–H and O–H groups in total. The van der Waals surface area contributed by atoms with Gasteiger partial charge in [-0.2, -0.15) is 0 Å². The van der Waals surface area contributed by atoms with E-state index in [1.165, 1.54) is 244 Å². The SMILES string of the molecule is CCCCCCCC/C=C/CCCCCCCCCCCCCCCC(=O)OC(/C=C/CCCCCCCCCCCC)C(COP(=O)(O)OCC[N+](C)(C)C)NC(=O)CCCCCCCCCCCCCCCCC. The first-order chi connectivity index (χ1) is 36.9. The van der Waals surface area contributed by atoms with E-state index in [2.05, 4.69) is 38.2 Å². The van der Waals surface area contributed by atoms with Crippen molar-refractivity contribution < 1.29 is 37.3 Å². The van der Waals surface area contributed by atoms with Gasteiger partial charge in [-0.1, -0.05) is 289 Å². The first-order valence-electron chi connectivity index (χ1n) is 33.2. The van der Waals surface area contributed by atoms with Crippen LogP contribution in [-0.4, -0.2) is 74.3 Å². The lowest BCUT2D eigenvalue weighted by molar-refractivity contribution is -0.870. The van der Waals surface area contributed by atoms with Gasteiger partial charge in [0.15, 0.2) is 0 Å². The standard InChI is InChI=1S/C66H129N2O7P/c1-7-10-13-16-19-22-25-28-30-31-32-33-34-35-36-37-39-41-44-47-50-53-56-59-66(70)75-64(57-54-51-48-45-42-27-24-21-18-15-12-9-3)63(62-74-76(71,72)73-61-60-68(4,5)6)67-65(69)58-55-52-49-46-43-40-38-29-26-23-20-17-14-11-8-2/h28,30,54,57,63-64H,7-27,29,31-53,55-56,58-62H2,1-6H3,(H-,67,69,71,72)/p+1/b30-28+,57-54+. The molecule has 0 fully saturated rings. The highest BCUT2D eigenvalue weighted by molar-refractivity contribution is 7.47. The summed E-state index contributed by atoms with van der Waals surface area (Å²) in [6, 6.07) is -0.842. The van der Waals surface area contributed by atoms with Gasteiger partial charge in [0.1, 0.15) is 19.3 Å². The van der Waals surface area contributed by atoms with Crippen LogP contribution < -0.4 is 5.32 Å². The van der Waals surface area contributed by atoms with E-state index in [4.69, 9.17) is 13.8 Å². The quantitative estimate of drug-likeness (QED) is 0.0205. The Morgan fingerprint density at radius 3 is 1.12 bits per heavy atom. The summed E-state index contributed by atoms with van der Waals surface area (Å²) < 4.78 is 30.8. The Balaban J connectivity index is 5.09. The van der Waals surface area contributed by atoms with E-state index in [1.54, 1.807) is 0 Å². The van der Waals surface area contributed by atoms with Crippen molar-refractivity contribution in [2.45, 2.75) is 348 Å². The molecule has 1 amide bonds. The highest BCUT2D eigenvalue weighted by Gasteiger charge is 2.30. The average molecular weight is 1090 g/mol. The second-order valence-corrected chi connectivity index (χ2v) is 25.5. The fourth-order valence-corrected chi connectivity index (χ4v) is 10.7. The summed E-state index contributed by atoms with van der Waals surface area (Å²) in [7, 11) is 1.51. The number of hydrogen-bond donors (Lipinski definition) is 2. The average Bonchev–Trinajstić information content (AvgIpc) is 3.38. The van der Waals surface area contributed by atoms with Gasteiger partial charge in [-0.3, -0.25) is 18.6 Å². The maximum Gasteiger partial charge on any atom is 0.472 e. The lowest BCUT2D eigenvalue weighted by atomic mass is 10.0. The van der Waals surface area contributed by atoms with Crippen LogP contribution in [0.25, 0.3) is 0 Å². The van der Waals surface area contributed by atoms with Crippen molar-refractivity contribution in [3.8, 4) is 0 Å². The van der Waals surface area contributed by atoms with E-state index in [0.29, 0.717) is 23.9 Å². The van der Waals surface area contributed by atoms with Gasteiger partial charge in [-0.25, -0.2) is 4.57 Å². The summed E-state index contributed by atoms with van der Waals surface area (Å²) in [5.41, 5.74) is 0. The van der Waals surface area contributed by atoms with Gasteiger partial charge >= 0.3 is 13.8 Å². The minimum absolute atomic E-state index is 0.0443. The summed E-state index contributed by atoms with van der Waals surface area (Å²) in [4.78, 5) is 37.8. The third-order valence-electron chi connectivity index (χ3n) is 15.1. The Hall–Kier alpha value is -1.51. The number of hydrogen-bond acceptors (Lipinski definition) is 6. The van der Waals surface area contributed by atoms with E-state index in [9.17, 15) is 19.0 Å². The van der Waals surface area contributed by atoms with E-state index in [1.807, 2.05) is 33.3 Å². The first kappa shape index (κ1) is 74.5. The lowest BCUT2D eigenvalue weighted by Gasteiger charge is -2.27. The first-order valence-corrected chi connectivity index (χ1v) is 34.7. The van der Waals surface area contributed by atoms with Crippen molar-refractivity contribution in [1.82, 2.24) is 5.32 Å². The van der Waals surface area contributed by atoms with Crippen LogP contribution in [-0.2, 0) is 27.9 Å². The van der Waals surface area contributed by atoms with Crippen molar-refractivity contribution in [2.24, 2.45) is 0 Å². The third kappa shape index (κ3) is 57.2. The van der Waals surface area contributed by atoms with Gasteiger partial charge in [0, 0.05) is 12.8 Å². The van der Waals surface area contributed by atoms with Crippen LogP contribution in [0.5, 0.6) is 0 Å². The molecule has 3 unspecified atom stereocenters. The highest BCUT2D eigenvalue weighted by Crippen LogP contribution is 2.43. The van der Waals surface area contributed by atoms with E-state index < -0.39 is 20.0 Å². The summed E-state index contributed by atoms with van der Waals surface area (Å²) in [6.07, 6.45) is 67.5. The molecule has 10 heteroatoms. The molecule has 0 saturated carbocycles. The number of esters is 1. The van der Waals surface area contributed by atoms with Gasteiger partial charge in [0.2, 0.25) is 5.91 Å². The smallest absolute Gasteiger partial charge is 0.456 e. The summed E-state index contributed by atoms with van der Waals surface area (Å²) in [5, 5.41) is 3.07. The number of ether oxygens (including phenoxy) is 1. The largest absolute Gasteiger partial charge is 0.472 e. The molecule has 0 aromatic carbocycles. The molecular formula is C66H130N2O7P+. The zero-order valence-corrected chi connectivity index (χ0v) is 52.4. The molecule has 0 aromatic rings. The van der Waals surface area contributed by atoms with Crippen LogP contribution in [0, 0.1) is 0 Å². The van der Waals surface area contributed by atoms with Crippen LogP contribution in [0.2, 0.25) is 0 Å². The number of phosphoric acid groups is 1. The number of nitrogens with zero attached hydrogens (tertiary/aromatic N) is 1.